The fourth-order valence-corrected chi connectivity index (χ4v) is 4.04. The Balaban J connectivity index is 2.40. The number of rotatable bonds is 6. The lowest BCUT2D eigenvalue weighted by molar-refractivity contribution is -0.117. The molecule has 2 aromatic carbocycles. The molecule has 1 N–H and O–H groups in total. The Hall–Kier alpha value is -1.83. The van der Waals surface area contributed by atoms with Crippen molar-refractivity contribution in [3.8, 4) is 0 Å². The zero-order chi connectivity index (χ0) is 19.5. The van der Waals surface area contributed by atoms with Crippen LogP contribution in [0.3, 0.4) is 0 Å². The van der Waals surface area contributed by atoms with E-state index in [-0.39, 0.29) is 17.1 Å². The summed E-state index contributed by atoms with van der Waals surface area (Å²) in [4.78, 5) is 12.7. The third-order valence-corrected chi connectivity index (χ3v) is 5.28. The van der Waals surface area contributed by atoms with Crippen molar-refractivity contribution < 1.29 is 17.6 Å². The number of nitrogens with zero attached hydrogens (tertiary/aromatic N) is 1. The molecule has 1 amide bonds. The summed E-state index contributed by atoms with van der Waals surface area (Å²) in [5, 5.41) is 2.84. The number of amides is 1. The minimum absolute atomic E-state index is 0.104. The highest BCUT2D eigenvalue weighted by Crippen LogP contribution is 2.28. The van der Waals surface area contributed by atoms with Crippen LogP contribution in [0.15, 0.2) is 42.5 Å². The maximum Gasteiger partial charge on any atom is 0.248 e. The Morgan fingerprint density at radius 2 is 1.92 bits per heavy atom. The number of carbonyl (C=O) groups excluding carboxylic acids is 1. The van der Waals surface area contributed by atoms with Gasteiger partial charge in [-0.1, -0.05) is 36.2 Å². The van der Waals surface area contributed by atoms with Gasteiger partial charge in [0.25, 0.3) is 0 Å². The quantitative estimate of drug-likeness (QED) is 0.759. The summed E-state index contributed by atoms with van der Waals surface area (Å²) in [5.74, 6) is -1.22. The van der Waals surface area contributed by atoms with Crippen molar-refractivity contribution in [1.82, 2.24) is 0 Å². The van der Waals surface area contributed by atoms with E-state index in [9.17, 15) is 17.6 Å². The average Bonchev–Trinajstić information content (AvgIpc) is 2.54. The van der Waals surface area contributed by atoms with Crippen LogP contribution in [0.1, 0.15) is 13.3 Å². The highest BCUT2D eigenvalue weighted by Gasteiger charge is 2.32. The van der Waals surface area contributed by atoms with E-state index >= 15 is 0 Å². The second-order valence-electron chi connectivity index (χ2n) is 5.58. The van der Waals surface area contributed by atoms with Crippen molar-refractivity contribution in [2.75, 3.05) is 15.9 Å². The maximum atomic E-state index is 13.4. The molecule has 0 aliphatic rings. The molecule has 0 heterocycles. The van der Waals surface area contributed by atoms with Gasteiger partial charge < -0.3 is 5.32 Å². The number of carbonyl (C=O) groups is 1. The Morgan fingerprint density at radius 1 is 1.23 bits per heavy atom. The lowest BCUT2D eigenvalue weighted by atomic mass is 10.1. The average molecular weight is 419 g/mol. The van der Waals surface area contributed by atoms with Gasteiger partial charge in [-0.3, -0.25) is 9.10 Å². The zero-order valence-corrected chi connectivity index (χ0v) is 16.4. The molecule has 0 aliphatic heterocycles. The van der Waals surface area contributed by atoms with E-state index in [1.165, 1.54) is 12.1 Å². The van der Waals surface area contributed by atoms with Crippen LogP contribution in [0.2, 0.25) is 10.0 Å². The van der Waals surface area contributed by atoms with E-state index in [0.29, 0.717) is 10.7 Å². The van der Waals surface area contributed by atoms with E-state index < -0.39 is 27.8 Å². The van der Waals surface area contributed by atoms with E-state index in [1.54, 1.807) is 31.2 Å². The number of hydrogen-bond donors (Lipinski definition) is 1. The van der Waals surface area contributed by atoms with Crippen molar-refractivity contribution in [1.29, 1.82) is 0 Å². The van der Waals surface area contributed by atoms with Gasteiger partial charge in [0.05, 0.1) is 17.0 Å². The Labute approximate surface area is 161 Å². The van der Waals surface area contributed by atoms with Crippen LogP contribution < -0.4 is 9.62 Å². The summed E-state index contributed by atoms with van der Waals surface area (Å²) in [5.41, 5.74) is 0.540. The van der Waals surface area contributed by atoms with Crippen LogP contribution in [-0.2, 0) is 14.8 Å². The molecule has 2 aromatic rings. The summed E-state index contributed by atoms with van der Waals surface area (Å²) in [7, 11) is -3.84. The van der Waals surface area contributed by atoms with Gasteiger partial charge in [0.1, 0.15) is 11.9 Å². The molecule has 5 nitrogen and oxygen atoms in total. The lowest BCUT2D eigenvalue weighted by Crippen LogP contribution is -2.47. The first-order valence-corrected chi connectivity index (χ1v) is 10.2. The Bertz CT molecular complexity index is 922. The van der Waals surface area contributed by atoms with Gasteiger partial charge in [-0.2, -0.15) is 0 Å². The first-order chi connectivity index (χ1) is 12.1. The number of benzene rings is 2. The van der Waals surface area contributed by atoms with Gasteiger partial charge in [0.15, 0.2) is 0 Å². The SMILES string of the molecule is CCC(C(=O)Nc1cccc(Cl)c1)N(c1ccc(F)c(Cl)c1)S(C)(=O)=O. The molecule has 0 aliphatic carbocycles. The summed E-state index contributed by atoms with van der Waals surface area (Å²) >= 11 is 11.7. The fourth-order valence-electron chi connectivity index (χ4n) is 2.47. The highest BCUT2D eigenvalue weighted by atomic mass is 35.5. The van der Waals surface area contributed by atoms with Crippen molar-refractivity contribution in [2.45, 2.75) is 19.4 Å². The minimum atomic E-state index is -3.84. The van der Waals surface area contributed by atoms with Gasteiger partial charge in [-0.05, 0) is 42.8 Å². The predicted octanol–water partition coefficient (Wildman–Crippen LogP) is 4.32. The molecular weight excluding hydrogens is 402 g/mol. The molecule has 9 heteroatoms. The fraction of sp³-hybridized carbons (Fsp3) is 0.235. The summed E-state index contributed by atoms with van der Waals surface area (Å²) < 4.78 is 39.0. The highest BCUT2D eigenvalue weighted by molar-refractivity contribution is 7.92. The molecule has 1 unspecified atom stereocenters. The predicted molar refractivity (Wildman–Crippen MR) is 103 cm³/mol. The number of hydrogen-bond acceptors (Lipinski definition) is 3. The van der Waals surface area contributed by atoms with Gasteiger partial charge in [0.2, 0.25) is 15.9 Å². The second-order valence-corrected chi connectivity index (χ2v) is 8.28. The largest absolute Gasteiger partial charge is 0.324 e. The number of nitrogens with one attached hydrogen (secondary N) is 1. The second kappa shape index (κ2) is 8.24. The number of sulfonamides is 1. The van der Waals surface area contributed by atoms with Gasteiger partial charge in [0, 0.05) is 10.7 Å². The molecule has 0 radical (unpaired) electrons. The third-order valence-electron chi connectivity index (χ3n) is 3.58. The van der Waals surface area contributed by atoms with Crippen molar-refractivity contribution in [3.05, 3.63) is 58.3 Å². The van der Waals surface area contributed by atoms with Crippen LogP contribution >= 0.6 is 23.2 Å². The Morgan fingerprint density at radius 3 is 2.46 bits per heavy atom. The lowest BCUT2D eigenvalue weighted by Gasteiger charge is -2.30. The van der Waals surface area contributed by atoms with E-state index in [2.05, 4.69) is 5.32 Å². The number of anilines is 2. The molecule has 0 aromatic heterocycles. The van der Waals surface area contributed by atoms with Gasteiger partial charge >= 0.3 is 0 Å². The molecule has 26 heavy (non-hydrogen) atoms. The molecule has 1 atom stereocenters. The van der Waals surface area contributed by atoms with Crippen molar-refractivity contribution >= 4 is 50.5 Å². The molecule has 0 saturated carbocycles. The molecule has 140 valence electrons. The van der Waals surface area contributed by atoms with Crippen LogP contribution in [0.25, 0.3) is 0 Å². The smallest absolute Gasteiger partial charge is 0.248 e. The molecule has 0 spiro atoms. The summed E-state index contributed by atoms with van der Waals surface area (Å²) in [6.45, 7) is 1.67. The van der Waals surface area contributed by atoms with Crippen molar-refractivity contribution in [2.24, 2.45) is 0 Å². The molecule has 0 fully saturated rings. The van der Waals surface area contributed by atoms with Crippen LogP contribution in [0, 0.1) is 5.82 Å². The van der Waals surface area contributed by atoms with E-state index in [0.717, 1.165) is 16.6 Å². The third kappa shape index (κ3) is 4.87. The molecule has 0 bridgehead atoms. The zero-order valence-electron chi connectivity index (χ0n) is 14.0. The summed E-state index contributed by atoms with van der Waals surface area (Å²) in [6, 6.07) is 8.93. The van der Waals surface area contributed by atoms with Gasteiger partial charge in [-0.15, -0.1) is 0 Å². The standard InChI is InChI=1S/C17H17Cl2FN2O3S/c1-3-16(17(23)21-12-6-4-5-11(18)9-12)22(26(2,24)25)13-7-8-15(20)14(19)10-13/h4-10,16H,3H2,1-2H3,(H,21,23). The van der Waals surface area contributed by atoms with E-state index in [4.69, 9.17) is 23.2 Å². The Kier molecular flexibility index (Phi) is 6.49. The molecular formula is C17H17Cl2FN2O3S. The first kappa shape index (κ1) is 20.5. The summed E-state index contributed by atoms with van der Waals surface area (Å²) in [6.07, 6.45) is 1.16. The van der Waals surface area contributed by atoms with E-state index in [1.807, 2.05) is 0 Å². The monoisotopic (exact) mass is 418 g/mol. The molecule has 2 rings (SSSR count). The maximum absolute atomic E-state index is 13.4. The van der Waals surface area contributed by atoms with Gasteiger partial charge in [-0.25, -0.2) is 12.8 Å². The topological polar surface area (TPSA) is 66.5 Å². The minimum Gasteiger partial charge on any atom is -0.324 e. The van der Waals surface area contributed by atoms with Crippen LogP contribution in [0.5, 0.6) is 0 Å². The number of halogens is 3. The normalized spacial score (nSPS) is 12.5. The first-order valence-electron chi connectivity index (χ1n) is 7.64. The van der Waals surface area contributed by atoms with Crippen LogP contribution in [-0.4, -0.2) is 26.6 Å². The van der Waals surface area contributed by atoms with Crippen LogP contribution in [0.4, 0.5) is 15.8 Å². The molecule has 0 saturated heterocycles. The van der Waals surface area contributed by atoms with Crippen molar-refractivity contribution in [3.63, 3.8) is 0 Å².